The molecule has 2 aliphatic rings. The first-order valence-electron chi connectivity index (χ1n) is 28.3. The zero-order chi connectivity index (χ0) is 54.4. The lowest BCUT2D eigenvalue weighted by Gasteiger charge is -2.21. The van der Waals surface area contributed by atoms with Gasteiger partial charge in [-0.15, -0.1) is 12.4 Å². The van der Waals surface area contributed by atoms with E-state index in [1.807, 2.05) is 86.6 Å². The van der Waals surface area contributed by atoms with Gasteiger partial charge in [0, 0.05) is 19.4 Å². The Bertz CT molecular complexity index is 3030. The molecule has 12 heteroatoms. The second-order valence-corrected chi connectivity index (χ2v) is 21.2. The summed E-state index contributed by atoms with van der Waals surface area (Å²) in [5, 5.41) is 16.8. The molecular formula is C67H78ClN7O4. The molecule has 10 rings (SSSR count). The van der Waals surface area contributed by atoms with Crippen molar-refractivity contribution in [2.45, 2.75) is 111 Å². The molecule has 0 bridgehead atoms. The van der Waals surface area contributed by atoms with Crippen molar-refractivity contribution < 1.29 is 19.1 Å². The van der Waals surface area contributed by atoms with Crippen LogP contribution in [-0.2, 0) is 25.8 Å². The summed E-state index contributed by atoms with van der Waals surface area (Å²) < 4.78 is 15.1. The van der Waals surface area contributed by atoms with E-state index in [1.165, 1.54) is 47.9 Å². The van der Waals surface area contributed by atoms with Crippen LogP contribution in [0.25, 0.3) is 11.4 Å². The molecule has 4 N–H and O–H groups in total. The number of ether oxygens (including phenoxy) is 2. The summed E-state index contributed by atoms with van der Waals surface area (Å²) >= 11 is 0. The Labute approximate surface area is 473 Å². The summed E-state index contributed by atoms with van der Waals surface area (Å²) in [7, 11) is 0. The largest absolute Gasteiger partial charge is 0.494 e. The van der Waals surface area contributed by atoms with Gasteiger partial charge in [0.25, 0.3) is 0 Å². The van der Waals surface area contributed by atoms with Crippen LogP contribution >= 0.6 is 12.4 Å². The average Bonchev–Trinajstić information content (AvgIpc) is 4.43. The van der Waals surface area contributed by atoms with Crippen LogP contribution in [0.4, 0.5) is 0 Å². The maximum absolute atomic E-state index is 13.6. The van der Waals surface area contributed by atoms with Gasteiger partial charge in [0.05, 0.1) is 48.1 Å². The second-order valence-electron chi connectivity index (χ2n) is 21.2. The number of aromatic nitrogens is 4. The topological polar surface area (TPSA) is 138 Å². The normalized spacial score (nSPS) is 13.6. The van der Waals surface area contributed by atoms with Gasteiger partial charge in [0.15, 0.2) is 11.6 Å². The molecule has 6 aromatic carbocycles. The van der Waals surface area contributed by atoms with Crippen LogP contribution in [0.5, 0.6) is 11.5 Å². The molecule has 2 fully saturated rings. The van der Waals surface area contributed by atoms with Gasteiger partial charge in [-0.25, -0.2) is 9.36 Å². The number of nitrogens with two attached hydrogens (primary N) is 1. The SMILES string of the molecule is CCCOc1ccc(C(NCC2CC2)c2cccc(CC(=O)c3cc(C)nn3-c3cccc(CC)c3)c2)cc1.CCCOc1ccc(C(NCC2CC2)c2cccc(CC(=O)c3cc(C)nn3-c3cccc(CN)c3)c2)cc1.Cl. The molecule has 11 nitrogen and oxygen atoms in total. The standard InChI is InChI=1S/C34H39N3O2.C33H38N4O2.ClH/c1-4-18-39-31-16-14-28(15-17-31)34(35-23-26-12-13-26)29-10-6-9-27(20-29)22-33(38)32-19-24(3)36-37(32)30-11-7-8-25(5-2)21-30;1-3-16-39-30-14-12-27(13-15-30)33(35-22-24-10-11-24)28-8-4-6-25(18-28)20-32(38)31-17-23(2)36-37(31)29-9-5-7-26(19-29)21-34;/h6-11,14-17,19-21,26,34-35H,4-5,12-13,18,22-23H2,1-3H3;4-9,12-15,17-19,24,33,35H,3,10-11,16,20-22,34H2,1-2H3;1H. The number of aryl methyl sites for hydroxylation is 3. The molecule has 2 heterocycles. The molecule has 412 valence electrons. The molecule has 2 aliphatic carbocycles. The van der Waals surface area contributed by atoms with E-state index in [0.29, 0.717) is 30.8 Å². The van der Waals surface area contributed by atoms with E-state index < -0.39 is 0 Å². The zero-order valence-corrected chi connectivity index (χ0v) is 47.4. The number of halogens is 1. The van der Waals surface area contributed by atoms with Gasteiger partial charge in [-0.3, -0.25) is 9.59 Å². The first-order valence-corrected chi connectivity index (χ1v) is 28.3. The van der Waals surface area contributed by atoms with Crippen molar-refractivity contribution in [3.8, 4) is 22.9 Å². The van der Waals surface area contributed by atoms with E-state index >= 15 is 0 Å². The van der Waals surface area contributed by atoms with Gasteiger partial charge in [-0.2, -0.15) is 10.2 Å². The highest BCUT2D eigenvalue weighted by Crippen LogP contribution is 2.33. The fraction of sp³-hybridized carbons (Fsp3) is 0.343. The predicted octanol–water partition coefficient (Wildman–Crippen LogP) is 13.4. The van der Waals surface area contributed by atoms with Gasteiger partial charge in [0.1, 0.15) is 22.9 Å². The number of nitrogens with zero attached hydrogens (tertiary/aromatic N) is 4. The molecule has 0 amide bonds. The number of ketones is 2. The minimum Gasteiger partial charge on any atom is -0.494 e. The van der Waals surface area contributed by atoms with Gasteiger partial charge >= 0.3 is 0 Å². The highest BCUT2D eigenvalue weighted by atomic mass is 35.5. The number of rotatable bonds is 26. The summed E-state index contributed by atoms with van der Waals surface area (Å²) in [6, 6.07) is 53.6. The highest BCUT2D eigenvalue weighted by molar-refractivity contribution is 5.97. The van der Waals surface area contributed by atoms with E-state index in [-0.39, 0.29) is 36.1 Å². The number of hydrogen-bond acceptors (Lipinski definition) is 9. The van der Waals surface area contributed by atoms with Crippen molar-refractivity contribution >= 4 is 24.0 Å². The van der Waals surface area contributed by atoms with E-state index in [4.69, 9.17) is 15.2 Å². The molecule has 0 spiro atoms. The van der Waals surface area contributed by atoms with Crippen LogP contribution < -0.4 is 25.8 Å². The van der Waals surface area contributed by atoms with E-state index in [0.717, 1.165) is 114 Å². The number of hydrogen-bond donors (Lipinski definition) is 3. The fourth-order valence-corrected chi connectivity index (χ4v) is 9.85. The van der Waals surface area contributed by atoms with Crippen molar-refractivity contribution in [1.82, 2.24) is 30.2 Å². The van der Waals surface area contributed by atoms with Crippen LogP contribution in [0.3, 0.4) is 0 Å². The summed E-state index contributed by atoms with van der Waals surface area (Å²) in [4.78, 5) is 27.1. The zero-order valence-electron chi connectivity index (χ0n) is 46.6. The molecule has 8 aromatic rings. The summed E-state index contributed by atoms with van der Waals surface area (Å²) in [6.07, 6.45) is 8.72. The van der Waals surface area contributed by atoms with Crippen molar-refractivity contribution in [3.05, 3.63) is 225 Å². The Morgan fingerprint density at radius 1 is 0.532 bits per heavy atom. The third-order valence-electron chi connectivity index (χ3n) is 14.5. The Morgan fingerprint density at radius 3 is 1.34 bits per heavy atom. The third kappa shape index (κ3) is 16.0. The molecule has 0 radical (unpaired) electrons. The van der Waals surface area contributed by atoms with Gasteiger partial charge in [-0.05, 0) is 189 Å². The molecule has 2 unspecified atom stereocenters. The highest BCUT2D eigenvalue weighted by Gasteiger charge is 2.26. The lowest BCUT2D eigenvalue weighted by Crippen LogP contribution is -2.24. The smallest absolute Gasteiger partial charge is 0.185 e. The van der Waals surface area contributed by atoms with Crippen LogP contribution in [0, 0.1) is 25.7 Å². The molecule has 0 aliphatic heterocycles. The van der Waals surface area contributed by atoms with Gasteiger partial charge < -0.3 is 25.8 Å². The van der Waals surface area contributed by atoms with Crippen molar-refractivity contribution in [2.75, 3.05) is 26.3 Å². The Balaban J connectivity index is 0.000000205. The summed E-state index contributed by atoms with van der Waals surface area (Å²) in [5.74, 6) is 3.41. The van der Waals surface area contributed by atoms with Crippen molar-refractivity contribution in [3.63, 3.8) is 0 Å². The minimum atomic E-state index is 0. The van der Waals surface area contributed by atoms with E-state index in [1.54, 1.807) is 9.36 Å². The molecule has 2 saturated carbocycles. The van der Waals surface area contributed by atoms with Crippen LogP contribution in [0.1, 0.15) is 148 Å². The number of Topliss-reactive ketones (excluding diaryl/α,β-unsaturated/α-hetero) is 2. The second kappa shape index (κ2) is 28.1. The van der Waals surface area contributed by atoms with E-state index in [2.05, 4.69) is 127 Å². The number of benzene rings is 6. The lowest BCUT2D eigenvalue weighted by atomic mass is 9.95. The third-order valence-corrected chi connectivity index (χ3v) is 14.5. The maximum atomic E-state index is 13.6. The average molecular weight is 1080 g/mol. The molecule has 79 heavy (non-hydrogen) atoms. The number of carbonyl (C=O) groups is 2. The minimum absolute atomic E-state index is 0. The first kappa shape index (κ1) is 58.0. The Hall–Kier alpha value is -7.15. The lowest BCUT2D eigenvalue weighted by molar-refractivity contribution is 0.0977. The van der Waals surface area contributed by atoms with Gasteiger partial charge in [-0.1, -0.05) is 118 Å². The van der Waals surface area contributed by atoms with Crippen molar-refractivity contribution in [1.29, 1.82) is 0 Å². The molecule has 2 atom stereocenters. The molecular weight excluding hydrogens is 1000 g/mol. The van der Waals surface area contributed by atoms with Crippen LogP contribution in [0.15, 0.2) is 158 Å². The molecule has 2 aromatic heterocycles. The van der Waals surface area contributed by atoms with Gasteiger partial charge in [0.2, 0.25) is 0 Å². The van der Waals surface area contributed by atoms with Crippen LogP contribution in [-0.4, -0.2) is 57.4 Å². The number of carbonyl (C=O) groups excluding carboxylic acids is 2. The fourth-order valence-electron chi connectivity index (χ4n) is 9.85. The predicted molar refractivity (Wildman–Crippen MR) is 320 cm³/mol. The van der Waals surface area contributed by atoms with Crippen LogP contribution in [0.2, 0.25) is 0 Å². The maximum Gasteiger partial charge on any atom is 0.185 e. The Morgan fingerprint density at radius 2 is 0.937 bits per heavy atom. The summed E-state index contributed by atoms with van der Waals surface area (Å²) in [5.41, 5.74) is 19.4. The first-order chi connectivity index (χ1) is 38.1. The van der Waals surface area contributed by atoms with E-state index in [9.17, 15) is 9.59 Å². The Kier molecular flexibility index (Phi) is 20.7. The quantitative estimate of drug-likeness (QED) is 0.0453. The molecule has 0 saturated heterocycles. The monoisotopic (exact) mass is 1080 g/mol. The summed E-state index contributed by atoms with van der Waals surface area (Å²) in [6.45, 7) is 14.1. The number of nitrogens with one attached hydrogen (secondary N) is 2. The van der Waals surface area contributed by atoms with Crippen molar-refractivity contribution in [2.24, 2.45) is 17.6 Å².